The van der Waals surface area contributed by atoms with Crippen LogP contribution in [0.1, 0.15) is 43.9 Å². The molecular formula is C22H27N3O3. The zero-order valence-corrected chi connectivity index (χ0v) is 16.3. The van der Waals surface area contributed by atoms with Gasteiger partial charge < -0.3 is 15.0 Å². The van der Waals surface area contributed by atoms with Gasteiger partial charge in [0.2, 0.25) is 11.8 Å². The molecule has 0 radical (unpaired) electrons. The molecule has 2 amide bonds. The van der Waals surface area contributed by atoms with E-state index in [9.17, 15) is 9.59 Å². The summed E-state index contributed by atoms with van der Waals surface area (Å²) in [5.41, 5.74) is 1.82. The third-order valence-electron chi connectivity index (χ3n) is 4.91. The van der Waals surface area contributed by atoms with Crippen molar-refractivity contribution in [2.24, 2.45) is 0 Å². The van der Waals surface area contributed by atoms with Gasteiger partial charge in [-0.2, -0.15) is 0 Å². The minimum absolute atomic E-state index is 0.0461. The van der Waals surface area contributed by atoms with Crippen molar-refractivity contribution in [2.75, 3.05) is 6.54 Å². The molecule has 6 heteroatoms. The fourth-order valence-corrected chi connectivity index (χ4v) is 3.40. The number of hydrogen-bond acceptors (Lipinski definition) is 4. The maximum atomic E-state index is 12.7. The van der Waals surface area contributed by atoms with Crippen LogP contribution < -0.4 is 10.1 Å². The van der Waals surface area contributed by atoms with Gasteiger partial charge >= 0.3 is 0 Å². The molecule has 0 spiro atoms. The highest BCUT2D eigenvalue weighted by atomic mass is 16.5. The molecular weight excluding hydrogens is 354 g/mol. The summed E-state index contributed by atoms with van der Waals surface area (Å²) in [7, 11) is 0. The molecule has 6 nitrogen and oxygen atoms in total. The van der Waals surface area contributed by atoms with E-state index in [1.807, 2.05) is 49.4 Å². The van der Waals surface area contributed by atoms with Crippen molar-refractivity contribution in [1.29, 1.82) is 0 Å². The Morgan fingerprint density at radius 3 is 2.89 bits per heavy atom. The average Bonchev–Trinajstić information content (AvgIpc) is 2.76. The maximum absolute atomic E-state index is 12.7. The Bertz CT molecular complexity index is 795. The molecule has 28 heavy (non-hydrogen) atoms. The quantitative estimate of drug-likeness (QED) is 0.800. The summed E-state index contributed by atoms with van der Waals surface area (Å²) in [5.74, 6) is 0.698. The molecule has 0 bridgehead atoms. The number of nitrogens with zero attached hydrogens (tertiary/aromatic N) is 2. The van der Waals surface area contributed by atoms with Crippen molar-refractivity contribution < 1.29 is 14.3 Å². The average molecular weight is 381 g/mol. The van der Waals surface area contributed by atoms with E-state index in [2.05, 4.69) is 10.3 Å². The van der Waals surface area contributed by atoms with E-state index < -0.39 is 0 Å². The first kappa shape index (κ1) is 19.9. The van der Waals surface area contributed by atoms with Crippen molar-refractivity contribution in [3.8, 4) is 5.75 Å². The number of aromatic nitrogens is 1. The topological polar surface area (TPSA) is 71.5 Å². The van der Waals surface area contributed by atoms with Crippen LogP contribution in [0.2, 0.25) is 0 Å². The van der Waals surface area contributed by atoms with Gasteiger partial charge in [-0.15, -0.1) is 0 Å². The zero-order chi connectivity index (χ0) is 19.8. The Morgan fingerprint density at radius 1 is 1.21 bits per heavy atom. The number of likely N-dealkylation sites (tertiary alicyclic amines) is 1. The van der Waals surface area contributed by atoms with Crippen molar-refractivity contribution in [1.82, 2.24) is 15.2 Å². The molecule has 1 fully saturated rings. The molecule has 1 aliphatic heterocycles. The number of amides is 2. The first-order chi connectivity index (χ1) is 13.7. The van der Waals surface area contributed by atoms with Crippen LogP contribution in [0.4, 0.5) is 0 Å². The standard InChI is InChI=1S/C22H27N3O3/c1-2-21(26)25-13-6-4-11-20(25)22(27)24-15-17-8-7-10-19(14-17)28-16-18-9-3-5-12-23-18/h3,5,7-10,12,14,20H,2,4,6,11,13,15-16H2,1H3,(H,24,27). The summed E-state index contributed by atoms with van der Waals surface area (Å²) < 4.78 is 5.79. The van der Waals surface area contributed by atoms with Gasteiger partial charge in [0, 0.05) is 25.7 Å². The van der Waals surface area contributed by atoms with Gasteiger partial charge in [0.25, 0.3) is 0 Å². The third kappa shape index (κ3) is 5.31. The second-order valence-electron chi connectivity index (χ2n) is 6.93. The zero-order valence-electron chi connectivity index (χ0n) is 16.3. The Morgan fingerprint density at radius 2 is 2.11 bits per heavy atom. The van der Waals surface area contributed by atoms with Crippen LogP contribution in [-0.4, -0.2) is 34.3 Å². The van der Waals surface area contributed by atoms with E-state index >= 15 is 0 Å². The summed E-state index contributed by atoms with van der Waals surface area (Å²) >= 11 is 0. The SMILES string of the molecule is CCC(=O)N1CCCCC1C(=O)NCc1cccc(OCc2ccccn2)c1. The van der Waals surface area contributed by atoms with Gasteiger partial charge in [-0.05, 0) is 49.1 Å². The van der Waals surface area contributed by atoms with Crippen molar-refractivity contribution in [2.45, 2.75) is 51.8 Å². The lowest BCUT2D eigenvalue weighted by Gasteiger charge is -2.34. The van der Waals surface area contributed by atoms with E-state index in [0.29, 0.717) is 26.1 Å². The fraction of sp³-hybridized carbons (Fsp3) is 0.409. The minimum atomic E-state index is -0.357. The molecule has 0 aliphatic carbocycles. The molecule has 3 rings (SSSR count). The van der Waals surface area contributed by atoms with Crippen LogP contribution in [0.25, 0.3) is 0 Å². The van der Waals surface area contributed by atoms with E-state index in [-0.39, 0.29) is 17.9 Å². The molecule has 0 saturated carbocycles. The fourth-order valence-electron chi connectivity index (χ4n) is 3.40. The number of carbonyl (C=O) groups is 2. The second-order valence-corrected chi connectivity index (χ2v) is 6.93. The molecule has 2 heterocycles. The Kier molecular flexibility index (Phi) is 7.00. The summed E-state index contributed by atoms with van der Waals surface area (Å²) in [6.45, 7) is 3.31. The molecule has 1 aromatic carbocycles. The number of rotatable bonds is 7. The molecule has 2 aromatic rings. The van der Waals surface area contributed by atoms with Gasteiger partial charge in [0.15, 0.2) is 0 Å². The number of pyridine rings is 1. The predicted octanol–water partition coefficient (Wildman–Crippen LogP) is 3.07. The molecule has 1 unspecified atom stereocenters. The molecule has 1 atom stereocenters. The summed E-state index contributed by atoms with van der Waals surface area (Å²) in [5, 5.41) is 2.98. The van der Waals surface area contributed by atoms with Crippen molar-refractivity contribution in [3.63, 3.8) is 0 Å². The van der Waals surface area contributed by atoms with Gasteiger partial charge in [0.1, 0.15) is 18.4 Å². The van der Waals surface area contributed by atoms with Crippen molar-refractivity contribution in [3.05, 3.63) is 59.9 Å². The number of piperidine rings is 1. The van der Waals surface area contributed by atoms with Crippen LogP contribution in [0.15, 0.2) is 48.7 Å². The molecule has 1 saturated heterocycles. The van der Waals surface area contributed by atoms with Crippen LogP contribution in [0.5, 0.6) is 5.75 Å². The highest BCUT2D eigenvalue weighted by Gasteiger charge is 2.30. The minimum Gasteiger partial charge on any atom is -0.487 e. The predicted molar refractivity (Wildman–Crippen MR) is 107 cm³/mol. The normalized spacial score (nSPS) is 16.5. The number of ether oxygens (including phenoxy) is 1. The number of hydrogen-bond donors (Lipinski definition) is 1. The third-order valence-corrected chi connectivity index (χ3v) is 4.91. The smallest absolute Gasteiger partial charge is 0.243 e. The molecule has 1 aromatic heterocycles. The first-order valence-electron chi connectivity index (χ1n) is 9.86. The van der Waals surface area contributed by atoms with Gasteiger partial charge in [-0.1, -0.05) is 25.1 Å². The highest BCUT2D eigenvalue weighted by molar-refractivity contribution is 5.87. The lowest BCUT2D eigenvalue weighted by atomic mass is 10.0. The highest BCUT2D eigenvalue weighted by Crippen LogP contribution is 2.19. The van der Waals surface area contributed by atoms with Crippen LogP contribution in [0.3, 0.4) is 0 Å². The van der Waals surface area contributed by atoms with E-state index in [4.69, 9.17) is 4.74 Å². The van der Waals surface area contributed by atoms with Gasteiger partial charge in [-0.3, -0.25) is 14.6 Å². The lowest BCUT2D eigenvalue weighted by Crippen LogP contribution is -2.51. The number of benzene rings is 1. The summed E-state index contributed by atoms with van der Waals surface area (Å²) in [6.07, 6.45) is 4.83. The Labute approximate surface area is 165 Å². The largest absolute Gasteiger partial charge is 0.487 e. The van der Waals surface area contributed by atoms with Crippen LogP contribution in [0, 0.1) is 0 Å². The van der Waals surface area contributed by atoms with E-state index in [0.717, 1.165) is 36.3 Å². The monoisotopic (exact) mass is 381 g/mol. The molecule has 148 valence electrons. The first-order valence-corrected chi connectivity index (χ1v) is 9.86. The van der Waals surface area contributed by atoms with Gasteiger partial charge in [0.05, 0.1) is 5.69 Å². The second kappa shape index (κ2) is 9.88. The summed E-state index contributed by atoms with van der Waals surface area (Å²) in [4.78, 5) is 30.7. The number of carbonyl (C=O) groups excluding carboxylic acids is 2. The molecule has 1 aliphatic rings. The molecule has 1 N–H and O–H groups in total. The van der Waals surface area contributed by atoms with E-state index in [1.165, 1.54) is 0 Å². The van der Waals surface area contributed by atoms with Gasteiger partial charge in [-0.25, -0.2) is 0 Å². The maximum Gasteiger partial charge on any atom is 0.243 e. The number of nitrogens with one attached hydrogen (secondary N) is 1. The van der Waals surface area contributed by atoms with E-state index in [1.54, 1.807) is 11.1 Å². The van der Waals surface area contributed by atoms with Crippen LogP contribution >= 0.6 is 0 Å². The Balaban J connectivity index is 1.55. The summed E-state index contributed by atoms with van der Waals surface area (Å²) in [6, 6.07) is 13.0. The van der Waals surface area contributed by atoms with Crippen LogP contribution in [-0.2, 0) is 22.7 Å². The Hall–Kier alpha value is -2.89. The lowest BCUT2D eigenvalue weighted by molar-refractivity contribution is -0.142. The van der Waals surface area contributed by atoms with Crippen molar-refractivity contribution >= 4 is 11.8 Å².